The summed E-state index contributed by atoms with van der Waals surface area (Å²) >= 11 is 6.40. The number of methoxy groups -OCH3 is 1. The van der Waals surface area contributed by atoms with Crippen LogP contribution in [0.25, 0.3) is 17.1 Å². The predicted octanol–water partition coefficient (Wildman–Crippen LogP) is 4.85. The lowest BCUT2D eigenvalue weighted by atomic mass is 10.2. The van der Waals surface area contributed by atoms with E-state index >= 15 is 0 Å². The second kappa shape index (κ2) is 11.5. The van der Waals surface area contributed by atoms with Crippen LogP contribution in [0, 0.1) is 5.82 Å². The Labute approximate surface area is 206 Å². The van der Waals surface area contributed by atoms with Gasteiger partial charge in [-0.2, -0.15) is 0 Å². The number of H-pyrrole nitrogens is 1. The van der Waals surface area contributed by atoms with E-state index in [1.54, 1.807) is 24.3 Å². The number of halogens is 2. The minimum Gasteiger partial charge on any atom is -0.487 e. The van der Waals surface area contributed by atoms with Crippen molar-refractivity contribution in [3.05, 3.63) is 83.0 Å². The van der Waals surface area contributed by atoms with Crippen LogP contribution >= 0.6 is 11.6 Å². The highest BCUT2D eigenvalue weighted by Gasteiger charge is 2.10. The van der Waals surface area contributed by atoms with E-state index in [2.05, 4.69) is 25.6 Å². The zero-order valence-corrected chi connectivity index (χ0v) is 19.6. The lowest BCUT2D eigenvalue weighted by Gasteiger charge is -2.11. The van der Waals surface area contributed by atoms with Crippen LogP contribution in [0.15, 0.2) is 60.9 Å². The lowest BCUT2D eigenvalue weighted by molar-refractivity contribution is -0.124. The Balaban J connectivity index is 1.42. The molecule has 180 valence electrons. The van der Waals surface area contributed by atoms with E-state index in [1.807, 2.05) is 24.3 Å². The van der Waals surface area contributed by atoms with Crippen molar-refractivity contribution in [1.29, 1.82) is 0 Å². The van der Waals surface area contributed by atoms with Crippen LogP contribution in [0.2, 0.25) is 5.02 Å². The first-order chi connectivity index (χ1) is 17.0. The maximum Gasteiger partial charge on any atom is 0.246 e. The molecule has 0 saturated heterocycles. The number of hydrogen-bond donors (Lipinski definition) is 3. The van der Waals surface area contributed by atoms with Crippen molar-refractivity contribution < 1.29 is 18.7 Å². The second-order valence-electron chi connectivity index (χ2n) is 7.54. The summed E-state index contributed by atoms with van der Waals surface area (Å²) in [5.74, 6) is 0.562. The fraction of sp³-hybridized carbons (Fsp3) is 0.160. The minimum absolute atomic E-state index is 0.0228. The number of fused-ring (bicyclic) bond motifs is 1. The number of anilines is 2. The standard InChI is InChI=1S/C25H23ClFN5O3/c1-34-14-23(33)28-9-3-6-18-12-21-24(31-18)25(30-15-29-21)32-19-7-8-22(20(26)11-19)35-13-16-4-2-5-17(27)10-16/h2-8,10-12,15,31H,9,13-14H2,1H3,(H,28,33)(H,29,30,32)/b6-3+. The molecule has 10 heteroatoms. The smallest absolute Gasteiger partial charge is 0.246 e. The molecule has 0 aliphatic carbocycles. The van der Waals surface area contributed by atoms with Gasteiger partial charge in [-0.3, -0.25) is 4.79 Å². The second-order valence-corrected chi connectivity index (χ2v) is 7.94. The molecule has 0 fully saturated rings. The molecule has 35 heavy (non-hydrogen) atoms. The van der Waals surface area contributed by atoms with E-state index in [4.69, 9.17) is 21.1 Å². The summed E-state index contributed by atoms with van der Waals surface area (Å²) in [7, 11) is 1.47. The zero-order valence-electron chi connectivity index (χ0n) is 18.8. The van der Waals surface area contributed by atoms with Crippen LogP contribution in [0.3, 0.4) is 0 Å². The van der Waals surface area contributed by atoms with Crippen molar-refractivity contribution in [1.82, 2.24) is 20.3 Å². The third-order valence-electron chi connectivity index (χ3n) is 4.91. The lowest BCUT2D eigenvalue weighted by Crippen LogP contribution is -2.26. The quantitative estimate of drug-likeness (QED) is 0.291. The number of hydrogen-bond acceptors (Lipinski definition) is 6. The molecule has 0 radical (unpaired) electrons. The van der Waals surface area contributed by atoms with Gasteiger partial charge in [0.05, 0.1) is 10.5 Å². The number of benzene rings is 2. The number of carbonyl (C=O) groups excluding carboxylic acids is 1. The molecule has 2 heterocycles. The number of nitrogens with zero attached hydrogens (tertiary/aromatic N) is 2. The van der Waals surface area contributed by atoms with Gasteiger partial charge in [0.25, 0.3) is 0 Å². The van der Waals surface area contributed by atoms with E-state index in [9.17, 15) is 9.18 Å². The van der Waals surface area contributed by atoms with Crippen LogP contribution in [-0.4, -0.2) is 41.1 Å². The highest BCUT2D eigenvalue weighted by molar-refractivity contribution is 6.32. The fourth-order valence-corrected chi connectivity index (χ4v) is 3.54. The molecule has 0 bridgehead atoms. The first kappa shape index (κ1) is 24.2. The molecule has 4 rings (SSSR count). The Morgan fingerprint density at radius 1 is 1.20 bits per heavy atom. The summed E-state index contributed by atoms with van der Waals surface area (Å²) in [5, 5.41) is 6.36. The molecular formula is C25H23ClFN5O3. The number of aromatic amines is 1. The Morgan fingerprint density at radius 3 is 2.89 bits per heavy atom. The van der Waals surface area contributed by atoms with Gasteiger partial charge < -0.3 is 25.1 Å². The fourth-order valence-electron chi connectivity index (χ4n) is 3.31. The van der Waals surface area contributed by atoms with E-state index in [-0.39, 0.29) is 24.9 Å². The SMILES string of the molecule is COCC(=O)NC/C=C/c1cc2ncnc(Nc3ccc(OCc4cccc(F)c4)c(Cl)c3)c2[nH]1. The van der Waals surface area contributed by atoms with Gasteiger partial charge in [-0.25, -0.2) is 14.4 Å². The number of rotatable bonds is 10. The maximum atomic E-state index is 13.4. The van der Waals surface area contributed by atoms with Gasteiger partial charge in [0.1, 0.15) is 36.6 Å². The number of aromatic nitrogens is 3. The Bertz CT molecular complexity index is 1360. The van der Waals surface area contributed by atoms with Crippen molar-refractivity contribution in [2.24, 2.45) is 0 Å². The summed E-state index contributed by atoms with van der Waals surface area (Å²) in [6.45, 7) is 0.598. The van der Waals surface area contributed by atoms with Gasteiger partial charge in [0, 0.05) is 25.0 Å². The van der Waals surface area contributed by atoms with Gasteiger partial charge in [0.15, 0.2) is 5.82 Å². The molecule has 1 amide bonds. The summed E-state index contributed by atoms with van der Waals surface area (Å²) in [6.07, 6.45) is 5.14. The van der Waals surface area contributed by atoms with Crippen LogP contribution in [0.4, 0.5) is 15.9 Å². The highest BCUT2D eigenvalue weighted by Crippen LogP contribution is 2.31. The van der Waals surface area contributed by atoms with Gasteiger partial charge in [-0.15, -0.1) is 0 Å². The minimum atomic E-state index is -0.315. The Hall–Kier alpha value is -3.95. The molecule has 0 aliphatic heterocycles. The largest absolute Gasteiger partial charge is 0.487 e. The molecule has 0 spiro atoms. The molecule has 0 unspecified atom stereocenters. The normalized spacial score (nSPS) is 11.2. The van der Waals surface area contributed by atoms with Gasteiger partial charge in [-0.1, -0.05) is 29.8 Å². The van der Waals surface area contributed by atoms with Gasteiger partial charge >= 0.3 is 0 Å². The van der Waals surface area contributed by atoms with Crippen molar-refractivity contribution >= 4 is 46.1 Å². The molecule has 2 aromatic heterocycles. The molecule has 0 saturated carbocycles. The van der Waals surface area contributed by atoms with Gasteiger partial charge in [0.2, 0.25) is 5.91 Å². The molecule has 2 aromatic carbocycles. The molecule has 4 aromatic rings. The van der Waals surface area contributed by atoms with Gasteiger partial charge in [-0.05, 0) is 48.0 Å². The Kier molecular flexibility index (Phi) is 7.92. The summed E-state index contributed by atoms with van der Waals surface area (Å²) in [6, 6.07) is 13.4. The van der Waals surface area contributed by atoms with E-state index in [1.165, 1.54) is 25.6 Å². The third-order valence-corrected chi connectivity index (χ3v) is 5.20. The van der Waals surface area contributed by atoms with Crippen molar-refractivity contribution in [3.63, 3.8) is 0 Å². The first-order valence-corrected chi connectivity index (χ1v) is 11.1. The molecule has 0 atom stereocenters. The molecule has 3 N–H and O–H groups in total. The van der Waals surface area contributed by atoms with Crippen molar-refractivity contribution in [2.45, 2.75) is 6.61 Å². The van der Waals surface area contributed by atoms with Crippen molar-refractivity contribution in [3.8, 4) is 5.75 Å². The average Bonchev–Trinajstić information content (AvgIpc) is 3.26. The monoisotopic (exact) mass is 495 g/mol. The number of ether oxygens (including phenoxy) is 2. The van der Waals surface area contributed by atoms with Crippen LogP contribution in [-0.2, 0) is 16.1 Å². The van der Waals surface area contributed by atoms with Crippen LogP contribution in [0.1, 0.15) is 11.3 Å². The van der Waals surface area contributed by atoms with E-state index < -0.39 is 0 Å². The summed E-state index contributed by atoms with van der Waals surface area (Å²) in [5.41, 5.74) is 3.68. The molecular weight excluding hydrogens is 473 g/mol. The van der Waals surface area contributed by atoms with Crippen LogP contribution < -0.4 is 15.4 Å². The highest BCUT2D eigenvalue weighted by atomic mass is 35.5. The number of amides is 1. The number of carbonyl (C=O) groups is 1. The summed E-state index contributed by atoms with van der Waals surface area (Å²) in [4.78, 5) is 23.3. The number of nitrogens with one attached hydrogen (secondary N) is 3. The zero-order chi connectivity index (χ0) is 24.6. The Morgan fingerprint density at radius 2 is 2.09 bits per heavy atom. The van der Waals surface area contributed by atoms with Crippen molar-refractivity contribution in [2.75, 3.05) is 25.6 Å². The maximum absolute atomic E-state index is 13.4. The first-order valence-electron chi connectivity index (χ1n) is 10.7. The van der Waals surface area contributed by atoms with E-state index in [0.717, 1.165) is 16.7 Å². The topological polar surface area (TPSA) is 101 Å². The molecule has 0 aliphatic rings. The van der Waals surface area contributed by atoms with E-state index in [0.29, 0.717) is 34.4 Å². The van der Waals surface area contributed by atoms with Crippen LogP contribution in [0.5, 0.6) is 5.75 Å². The summed E-state index contributed by atoms with van der Waals surface area (Å²) < 4.78 is 23.9. The predicted molar refractivity (Wildman–Crippen MR) is 133 cm³/mol. The molecule has 8 nitrogen and oxygen atoms in total. The third kappa shape index (κ3) is 6.56. The average molecular weight is 496 g/mol.